The molecule has 0 spiro atoms. The molecule has 0 fully saturated rings. The standard InChI is InChI=1S/C23H28N2O4/c1-4-27-20-14-17(15-21(28-5-2)22(20)29-6-3)23(26)25-24-19-13-9-11-16-10-7-8-12-18(16)19/h7-8,10,12,14-15H,4-6,9,11,13H2,1-3H3,(H,25,26)/b24-19+. The summed E-state index contributed by atoms with van der Waals surface area (Å²) < 4.78 is 17.1. The molecular formula is C23H28N2O4. The summed E-state index contributed by atoms with van der Waals surface area (Å²) in [4.78, 5) is 12.8. The van der Waals surface area contributed by atoms with E-state index < -0.39 is 0 Å². The molecule has 3 rings (SSSR count). The molecule has 154 valence electrons. The highest BCUT2D eigenvalue weighted by molar-refractivity contribution is 6.04. The third kappa shape index (κ3) is 4.88. The van der Waals surface area contributed by atoms with Crippen LogP contribution < -0.4 is 19.6 Å². The number of carbonyl (C=O) groups excluding carboxylic acids is 1. The van der Waals surface area contributed by atoms with Crippen LogP contribution in [0, 0.1) is 0 Å². The van der Waals surface area contributed by atoms with Crippen LogP contribution in [0.5, 0.6) is 17.2 Å². The van der Waals surface area contributed by atoms with Crippen molar-refractivity contribution < 1.29 is 19.0 Å². The first-order chi connectivity index (χ1) is 14.2. The van der Waals surface area contributed by atoms with Crippen molar-refractivity contribution in [2.45, 2.75) is 40.0 Å². The number of hydrazone groups is 1. The van der Waals surface area contributed by atoms with Crippen molar-refractivity contribution in [2.75, 3.05) is 19.8 Å². The molecule has 6 nitrogen and oxygen atoms in total. The maximum absolute atomic E-state index is 12.8. The fourth-order valence-electron chi connectivity index (χ4n) is 3.42. The Balaban J connectivity index is 1.87. The average Bonchev–Trinajstić information content (AvgIpc) is 2.74. The third-order valence-electron chi connectivity index (χ3n) is 4.65. The first kappa shape index (κ1) is 20.7. The van der Waals surface area contributed by atoms with Crippen LogP contribution in [-0.2, 0) is 6.42 Å². The van der Waals surface area contributed by atoms with E-state index in [2.05, 4.69) is 22.7 Å². The zero-order valence-corrected chi connectivity index (χ0v) is 17.3. The summed E-state index contributed by atoms with van der Waals surface area (Å²) in [5.74, 6) is 1.17. The Morgan fingerprint density at radius 2 is 1.62 bits per heavy atom. The van der Waals surface area contributed by atoms with Gasteiger partial charge in [0.2, 0.25) is 5.75 Å². The Bertz CT molecular complexity index is 865. The highest BCUT2D eigenvalue weighted by Crippen LogP contribution is 2.39. The first-order valence-electron chi connectivity index (χ1n) is 10.2. The van der Waals surface area contributed by atoms with Crippen molar-refractivity contribution in [3.05, 3.63) is 53.1 Å². The predicted molar refractivity (Wildman–Crippen MR) is 113 cm³/mol. The Morgan fingerprint density at radius 3 is 2.28 bits per heavy atom. The number of rotatable bonds is 8. The monoisotopic (exact) mass is 396 g/mol. The number of aryl methyl sites for hydroxylation is 1. The van der Waals surface area contributed by atoms with Crippen LogP contribution in [0.15, 0.2) is 41.5 Å². The van der Waals surface area contributed by atoms with E-state index in [-0.39, 0.29) is 5.91 Å². The van der Waals surface area contributed by atoms with E-state index in [4.69, 9.17) is 14.2 Å². The van der Waals surface area contributed by atoms with E-state index in [1.807, 2.05) is 32.9 Å². The number of ether oxygens (including phenoxy) is 3. The second-order valence-electron chi connectivity index (χ2n) is 6.61. The van der Waals surface area contributed by atoms with Gasteiger partial charge in [0.15, 0.2) is 11.5 Å². The summed E-state index contributed by atoms with van der Waals surface area (Å²) in [6.07, 6.45) is 2.91. The largest absolute Gasteiger partial charge is 0.490 e. The minimum atomic E-state index is -0.314. The summed E-state index contributed by atoms with van der Waals surface area (Å²) in [6, 6.07) is 11.5. The Morgan fingerprint density at radius 1 is 0.966 bits per heavy atom. The third-order valence-corrected chi connectivity index (χ3v) is 4.65. The Labute approximate surface area is 171 Å². The van der Waals surface area contributed by atoms with Crippen LogP contribution in [0.1, 0.15) is 55.1 Å². The summed E-state index contributed by atoms with van der Waals surface area (Å²) in [5.41, 5.74) is 6.39. The van der Waals surface area contributed by atoms with Gasteiger partial charge in [0, 0.05) is 11.1 Å². The molecule has 0 heterocycles. The number of benzene rings is 2. The maximum atomic E-state index is 12.8. The molecule has 1 N–H and O–H groups in total. The summed E-state index contributed by atoms with van der Waals surface area (Å²) >= 11 is 0. The lowest BCUT2D eigenvalue weighted by atomic mass is 9.90. The van der Waals surface area contributed by atoms with E-state index in [0.29, 0.717) is 42.6 Å². The van der Waals surface area contributed by atoms with E-state index in [9.17, 15) is 4.79 Å². The van der Waals surface area contributed by atoms with Gasteiger partial charge in [-0.3, -0.25) is 4.79 Å². The SMILES string of the molecule is CCOc1cc(C(=O)N/N=C2\CCCc3ccccc32)cc(OCC)c1OCC. The predicted octanol–water partition coefficient (Wildman–Crippen LogP) is 4.35. The molecule has 6 heteroatoms. The van der Waals surface area contributed by atoms with Crippen LogP contribution in [-0.4, -0.2) is 31.4 Å². The van der Waals surface area contributed by atoms with Crippen LogP contribution in [0.4, 0.5) is 0 Å². The van der Waals surface area contributed by atoms with E-state index >= 15 is 0 Å². The second kappa shape index (κ2) is 9.96. The first-order valence-corrected chi connectivity index (χ1v) is 10.2. The maximum Gasteiger partial charge on any atom is 0.271 e. The quantitative estimate of drug-likeness (QED) is 0.674. The van der Waals surface area contributed by atoms with Gasteiger partial charge in [0.05, 0.1) is 25.5 Å². The average molecular weight is 396 g/mol. The van der Waals surface area contributed by atoms with Gasteiger partial charge in [-0.2, -0.15) is 5.10 Å². The van der Waals surface area contributed by atoms with Crippen molar-refractivity contribution in [1.82, 2.24) is 5.43 Å². The van der Waals surface area contributed by atoms with Gasteiger partial charge in [-0.25, -0.2) is 5.43 Å². The molecule has 0 atom stereocenters. The number of fused-ring (bicyclic) bond motifs is 1. The fraction of sp³-hybridized carbons (Fsp3) is 0.391. The highest BCUT2D eigenvalue weighted by atomic mass is 16.5. The molecule has 0 saturated heterocycles. The van der Waals surface area contributed by atoms with Gasteiger partial charge in [-0.05, 0) is 57.7 Å². The van der Waals surface area contributed by atoms with E-state index in [0.717, 1.165) is 30.5 Å². The topological polar surface area (TPSA) is 69.2 Å². The lowest BCUT2D eigenvalue weighted by molar-refractivity contribution is 0.0953. The lowest BCUT2D eigenvalue weighted by Gasteiger charge is -2.18. The van der Waals surface area contributed by atoms with Gasteiger partial charge in [-0.1, -0.05) is 24.3 Å². The van der Waals surface area contributed by atoms with Gasteiger partial charge in [0.25, 0.3) is 5.91 Å². The van der Waals surface area contributed by atoms with Crippen molar-refractivity contribution in [2.24, 2.45) is 5.10 Å². The number of hydrogen-bond donors (Lipinski definition) is 1. The number of carbonyl (C=O) groups is 1. The summed E-state index contributed by atoms with van der Waals surface area (Å²) in [5, 5.41) is 4.42. The minimum absolute atomic E-state index is 0.314. The molecule has 2 aromatic rings. The van der Waals surface area contributed by atoms with Gasteiger partial charge in [0.1, 0.15) is 0 Å². The number of hydrogen-bond acceptors (Lipinski definition) is 5. The molecule has 29 heavy (non-hydrogen) atoms. The zero-order valence-electron chi connectivity index (χ0n) is 17.3. The second-order valence-corrected chi connectivity index (χ2v) is 6.61. The molecule has 0 bridgehead atoms. The van der Waals surface area contributed by atoms with Crippen molar-refractivity contribution >= 4 is 11.6 Å². The normalized spacial score (nSPS) is 14.2. The molecule has 0 saturated carbocycles. The van der Waals surface area contributed by atoms with Gasteiger partial charge < -0.3 is 14.2 Å². The molecule has 0 radical (unpaired) electrons. The van der Waals surface area contributed by atoms with E-state index in [1.54, 1.807) is 12.1 Å². The number of nitrogens with zero attached hydrogens (tertiary/aromatic N) is 1. The lowest BCUT2D eigenvalue weighted by Crippen LogP contribution is -2.22. The van der Waals surface area contributed by atoms with Crippen LogP contribution in [0.25, 0.3) is 0 Å². The molecule has 0 unspecified atom stereocenters. The highest BCUT2D eigenvalue weighted by Gasteiger charge is 2.19. The zero-order chi connectivity index (χ0) is 20.6. The van der Waals surface area contributed by atoms with Crippen molar-refractivity contribution in [3.63, 3.8) is 0 Å². The van der Waals surface area contributed by atoms with Gasteiger partial charge >= 0.3 is 0 Å². The molecule has 2 aromatic carbocycles. The molecule has 1 aliphatic rings. The molecule has 1 amide bonds. The number of nitrogens with one attached hydrogen (secondary N) is 1. The summed E-state index contributed by atoms with van der Waals surface area (Å²) in [7, 11) is 0. The Hall–Kier alpha value is -3.02. The summed E-state index contributed by atoms with van der Waals surface area (Å²) in [6.45, 7) is 7.04. The molecule has 0 aliphatic heterocycles. The van der Waals surface area contributed by atoms with Gasteiger partial charge in [-0.15, -0.1) is 0 Å². The van der Waals surface area contributed by atoms with Crippen molar-refractivity contribution in [3.8, 4) is 17.2 Å². The van der Waals surface area contributed by atoms with Crippen molar-refractivity contribution in [1.29, 1.82) is 0 Å². The van der Waals surface area contributed by atoms with Crippen LogP contribution in [0.3, 0.4) is 0 Å². The molecule has 0 aromatic heterocycles. The minimum Gasteiger partial charge on any atom is -0.490 e. The fourth-order valence-corrected chi connectivity index (χ4v) is 3.42. The molecule has 1 aliphatic carbocycles. The number of amides is 1. The Kier molecular flexibility index (Phi) is 7.11. The van der Waals surface area contributed by atoms with E-state index in [1.165, 1.54) is 5.56 Å². The smallest absolute Gasteiger partial charge is 0.271 e. The molecular weight excluding hydrogens is 368 g/mol. The van der Waals surface area contributed by atoms with Crippen LogP contribution in [0.2, 0.25) is 0 Å². The van der Waals surface area contributed by atoms with Crippen LogP contribution >= 0.6 is 0 Å².